The molecule has 0 amide bonds. The Kier molecular flexibility index (Phi) is 6.03. The molecule has 0 rings (SSSR count). The van der Waals surface area contributed by atoms with Gasteiger partial charge in [-0.05, 0) is 26.6 Å². The van der Waals surface area contributed by atoms with E-state index in [-0.39, 0.29) is 0 Å². The molecular weight excluding hydrogens is 271 g/mol. The molecule has 0 aliphatic heterocycles. The third-order valence-electron chi connectivity index (χ3n) is 1.10. The van der Waals surface area contributed by atoms with Crippen molar-refractivity contribution in [2.75, 3.05) is 18.1 Å². The maximum Gasteiger partial charge on any atom is 0.321 e. The highest BCUT2D eigenvalue weighted by atomic mass is 79.9. The van der Waals surface area contributed by atoms with Gasteiger partial charge < -0.3 is 8.74 Å². The molecule has 1 atom stereocenters. The monoisotopic (exact) mass is 288 g/mol. The normalized spacial score (nSPS) is 17.0. The summed E-state index contributed by atoms with van der Waals surface area (Å²) in [5.41, 5.74) is 0. The average molecular weight is 289 g/mol. The van der Waals surface area contributed by atoms with Crippen molar-refractivity contribution in [1.82, 2.24) is 0 Å². The molecule has 0 aliphatic rings. The molecule has 0 fully saturated rings. The molecule has 0 saturated heterocycles. The Labute approximate surface area is 90.0 Å². The van der Waals surface area contributed by atoms with Crippen LogP contribution in [0.15, 0.2) is 0 Å². The maximum absolute atomic E-state index is 12.0. The molecule has 0 aromatic heterocycles. The maximum atomic E-state index is 12.0. The minimum atomic E-state index is -2.83. The summed E-state index contributed by atoms with van der Waals surface area (Å²) in [7, 11) is -4.60. The smallest absolute Gasteiger partial charge is 0.321 e. The molecule has 0 aliphatic carbocycles. The van der Waals surface area contributed by atoms with E-state index in [1.54, 1.807) is 0 Å². The fourth-order valence-corrected chi connectivity index (χ4v) is 6.80. The van der Waals surface area contributed by atoms with Gasteiger partial charge in [-0.15, -0.1) is 0 Å². The zero-order valence-corrected chi connectivity index (χ0v) is 12.2. The predicted octanol–water partition coefficient (Wildman–Crippen LogP) is 3.46. The minimum absolute atomic E-state index is 0.439. The van der Waals surface area contributed by atoms with E-state index in [4.69, 9.17) is 8.74 Å². The lowest BCUT2D eigenvalue weighted by atomic mass is 10.9. The van der Waals surface area contributed by atoms with E-state index in [2.05, 4.69) is 15.9 Å². The Morgan fingerprint density at radius 3 is 2.23 bits per heavy atom. The van der Waals surface area contributed by atoms with Crippen LogP contribution in [0.4, 0.5) is 0 Å². The van der Waals surface area contributed by atoms with E-state index in [1.807, 2.05) is 26.6 Å². The van der Waals surface area contributed by atoms with Crippen LogP contribution < -0.4 is 0 Å². The van der Waals surface area contributed by atoms with Crippen molar-refractivity contribution in [1.29, 1.82) is 0 Å². The van der Waals surface area contributed by atoms with Gasteiger partial charge in [0.2, 0.25) is 0 Å². The summed E-state index contributed by atoms with van der Waals surface area (Å²) < 4.78 is 22.7. The van der Waals surface area contributed by atoms with Crippen LogP contribution in [0.3, 0.4) is 0 Å². The summed E-state index contributed by atoms with van der Waals surface area (Å²) in [6.45, 7) is 8.29. The summed E-state index contributed by atoms with van der Waals surface area (Å²) in [5, 5.41) is 0.648. The fraction of sp³-hybridized carbons (Fsp3) is 1.00. The van der Waals surface area contributed by atoms with Crippen molar-refractivity contribution in [3.63, 3.8) is 0 Å². The van der Waals surface area contributed by atoms with E-state index in [1.165, 1.54) is 0 Å². The largest absolute Gasteiger partial charge is 0.351 e. The SMILES string of the molecule is CCOP(=O)(CCBr)O[Si](C)(C)C. The van der Waals surface area contributed by atoms with Crippen LogP contribution in [-0.4, -0.2) is 26.4 Å². The van der Waals surface area contributed by atoms with Crippen LogP contribution in [0.1, 0.15) is 6.92 Å². The quantitative estimate of drug-likeness (QED) is 0.427. The molecule has 13 heavy (non-hydrogen) atoms. The lowest BCUT2D eigenvalue weighted by Crippen LogP contribution is -2.25. The minimum Gasteiger partial charge on any atom is -0.351 e. The Bertz CT molecular complexity index is 183. The molecule has 6 heteroatoms. The van der Waals surface area contributed by atoms with Gasteiger partial charge >= 0.3 is 7.60 Å². The van der Waals surface area contributed by atoms with Gasteiger partial charge in [-0.2, -0.15) is 0 Å². The van der Waals surface area contributed by atoms with Gasteiger partial charge in [0.1, 0.15) is 0 Å². The Morgan fingerprint density at radius 2 is 1.92 bits per heavy atom. The van der Waals surface area contributed by atoms with Crippen molar-refractivity contribution >= 4 is 31.8 Å². The predicted molar refractivity (Wildman–Crippen MR) is 62.3 cm³/mol. The third kappa shape index (κ3) is 6.86. The Balaban J connectivity index is 4.33. The first-order valence-electron chi connectivity index (χ1n) is 4.33. The molecular formula is C7H18BrO3PSi. The molecule has 0 aromatic carbocycles. The highest BCUT2D eigenvalue weighted by Gasteiger charge is 2.30. The number of hydrogen-bond donors (Lipinski definition) is 0. The molecule has 0 radical (unpaired) electrons. The number of halogens is 1. The van der Waals surface area contributed by atoms with Crippen LogP contribution in [-0.2, 0) is 13.3 Å². The van der Waals surface area contributed by atoms with Gasteiger partial charge in [0, 0.05) is 5.33 Å². The molecule has 1 unspecified atom stereocenters. The van der Waals surface area contributed by atoms with Gasteiger partial charge in [0.25, 0.3) is 0 Å². The van der Waals surface area contributed by atoms with Crippen molar-refractivity contribution in [2.24, 2.45) is 0 Å². The summed E-state index contributed by atoms with van der Waals surface area (Å²) in [6, 6.07) is 0. The van der Waals surface area contributed by atoms with E-state index in [9.17, 15) is 4.57 Å². The second-order valence-corrected chi connectivity index (χ2v) is 11.3. The average Bonchev–Trinajstić information content (AvgIpc) is 1.82. The van der Waals surface area contributed by atoms with Crippen LogP contribution in [0.5, 0.6) is 0 Å². The summed E-state index contributed by atoms with van der Waals surface area (Å²) in [4.78, 5) is 0. The van der Waals surface area contributed by atoms with Gasteiger partial charge in [-0.1, -0.05) is 15.9 Å². The highest BCUT2D eigenvalue weighted by Crippen LogP contribution is 2.50. The van der Waals surface area contributed by atoms with Crippen molar-refractivity contribution in [2.45, 2.75) is 26.6 Å². The van der Waals surface area contributed by atoms with Gasteiger partial charge in [-0.25, -0.2) is 0 Å². The van der Waals surface area contributed by atoms with E-state index in [0.29, 0.717) is 18.1 Å². The van der Waals surface area contributed by atoms with Crippen molar-refractivity contribution in [3.8, 4) is 0 Å². The van der Waals surface area contributed by atoms with E-state index in [0.717, 1.165) is 0 Å². The van der Waals surface area contributed by atoms with E-state index >= 15 is 0 Å². The molecule has 80 valence electrons. The molecule has 0 saturated carbocycles. The fourth-order valence-electron chi connectivity index (χ4n) is 0.854. The van der Waals surface area contributed by atoms with Gasteiger partial charge in [0.05, 0.1) is 12.8 Å². The van der Waals surface area contributed by atoms with Crippen LogP contribution in [0.2, 0.25) is 19.6 Å². The second-order valence-electron chi connectivity index (χ2n) is 3.64. The lowest BCUT2D eigenvalue weighted by molar-refractivity contribution is 0.279. The Hall–Kier alpha value is 0.847. The van der Waals surface area contributed by atoms with Crippen molar-refractivity contribution in [3.05, 3.63) is 0 Å². The van der Waals surface area contributed by atoms with E-state index < -0.39 is 15.9 Å². The van der Waals surface area contributed by atoms with Gasteiger partial charge in [0.15, 0.2) is 8.32 Å². The highest BCUT2D eigenvalue weighted by molar-refractivity contribution is 9.09. The number of hydrogen-bond acceptors (Lipinski definition) is 3. The first-order valence-corrected chi connectivity index (χ1v) is 10.6. The zero-order chi connectivity index (χ0) is 10.5. The molecule has 0 bridgehead atoms. The molecule has 0 spiro atoms. The first kappa shape index (κ1) is 13.8. The second kappa shape index (κ2) is 5.66. The zero-order valence-electron chi connectivity index (χ0n) is 8.67. The summed E-state index contributed by atoms with van der Waals surface area (Å²) in [6.07, 6.45) is 0.450. The van der Waals surface area contributed by atoms with Crippen molar-refractivity contribution < 1.29 is 13.3 Å². The number of alkyl halides is 1. The standard InChI is InChI=1S/C7H18BrO3PSi/c1-5-10-12(9,7-6-8)11-13(2,3)4/h5-7H2,1-4H3. The molecule has 0 heterocycles. The molecule has 0 N–H and O–H groups in total. The van der Waals surface area contributed by atoms with Crippen LogP contribution in [0.25, 0.3) is 0 Å². The molecule has 0 aromatic rings. The van der Waals surface area contributed by atoms with Crippen LogP contribution in [0, 0.1) is 0 Å². The molecule has 3 nitrogen and oxygen atoms in total. The van der Waals surface area contributed by atoms with Gasteiger partial charge in [-0.3, -0.25) is 4.57 Å². The summed E-state index contributed by atoms with van der Waals surface area (Å²) in [5.74, 6) is 0. The summed E-state index contributed by atoms with van der Waals surface area (Å²) >= 11 is 3.25. The lowest BCUT2D eigenvalue weighted by Gasteiger charge is -2.25. The van der Waals surface area contributed by atoms with Crippen LogP contribution >= 0.6 is 23.5 Å². The third-order valence-corrected chi connectivity index (χ3v) is 6.83. The Morgan fingerprint density at radius 1 is 1.38 bits per heavy atom. The first-order chi connectivity index (χ1) is 5.83. The topological polar surface area (TPSA) is 35.5 Å². The number of rotatable bonds is 6.